The van der Waals surface area contributed by atoms with Crippen molar-refractivity contribution in [1.82, 2.24) is 10.0 Å². The molecule has 1 unspecified atom stereocenters. The number of ether oxygens (including phenoxy) is 1. The molecule has 3 N–H and O–H groups in total. The van der Waals surface area contributed by atoms with E-state index in [1.54, 1.807) is 24.3 Å². The smallest absolute Gasteiger partial charge is 0.208 e. The second-order valence-corrected chi connectivity index (χ2v) is 6.28. The highest BCUT2D eigenvalue weighted by atomic mass is 32.2. The first-order chi connectivity index (χ1) is 9.92. The predicted molar refractivity (Wildman–Crippen MR) is 78.4 cm³/mol. The van der Waals surface area contributed by atoms with Crippen LogP contribution in [0.1, 0.15) is 5.56 Å². The summed E-state index contributed by atoms with van der Waals surface area (Å²) < 4.78 is 29.3. The number of rotatable bonds is 9. The Morgan fingerprint density at radius 1 is 1.38 bits per heavy atom. The fourth-order valence-electron chi connectivity index (χ4n) is 1.52. The van der Waals surface area contributed by atoms with E-state index in [0.29, 0.717) is 17.9 Å². The van der Waals surface area contributed by atoms with Crippen LogP contribution in [0.2, 0.25) is 0 Å². The summed E-state index contributed by atoms with van der Waals surface area (Å²) in [5.74, 6) is 0.429. The molecule has 0 bridgehead atoms. The summed E-state index contributed by atoms with van der Waals surface area (Å²) in [7, 11) is -3.19. The van der Waals surface area contributed by atoms with Gasteiger partial charge in [-0.3, -0.25) is 0 Å². The van der Waals surface area contributed by atoms with Crippen LogP contribution >= 0.6 is 0 Å². The lowest BCUT2D eigenvalue weighted by Crippen LogP contribution is -2.36. The Morgan fingerprint density at radius 3 is 2.76 bits per heavy atom. The molecule has 0 heterocycles. The van der Waals surface area contributed by atoms with Gasteiger partial charge in [-0.25, -0.2) is 13.1 Å². The zero-order chi connectivity index (χ0) is 15.7. The molecule has 0 aromatic heterocycles. The molecule has 1 aromatic rings. The molecule has 0 saturated heterocycles. The number of aliphatic hydroxyl groups is 1. The third kappa shape index (κ3) is 7.63. The molecule has 0 saturated carbocycles. The third-order valence-corrected chi connectivity index (χ3v) is 3.21. The van der Waals surface area contributed by atoms with Gasteiger partial charge in [-0.1, -0.05) is 12.1 Å². The summed E-state index contributed by atoms with van der Waals surface area (Å²) in [6.45, 7) is 0.966. The van der Waals surface area contributed by atoms with Crippen LogP contribution in [-0.2, 0) is 10.0 Å². The molecule has 0 aliphatic rings. The number of benzene rings is 1. The number of sulfonamides is 1. The molecule has 0 amide bonds. The van der Waals surface area contributed by atoms with Crippen molar-refractivity contribution in [2.24, 2.45) is 0 Å². The van der Waals surface area contributed by atoms with Crippen LogP contribution in [0.3, 0.4) is 0 Å². The van der Waals surface area contributed by atoms with E-state index in [4.69, 9.17) is 10.00 Å². The van der Waals surface area contributed by atoms with Crippen LogP contribution in [0.4, 0.5) is 0 Å². The first-order valence-corrected chi connectivity index (χ1v) is 8.27. The van der Waals surface area contributed by atoms with Crippen LogP contribution in [0.5, 0.6) is 5.75 Å². The van der Waals surface area contributed by atoms with E-state index < -0.39 is 16.1 Å². The summed E-state index contributed by atoms with van der Waals surface area (Å²) in [5.41, 5.74) is 0.412. The van der Waals surface area contributed by atoms with Gasteiger partial charge in [-0.2, -0.15) is 5.26 Å². The van der Waals surface area contributed by atoms with Crippen LogP contribution in [0, 0.1) is 11.3 Å². The van der Waals surface area contributed by atoms with Crippen molar-refractivity contribution in [2.45, 2.75) is 6.10 Å². The van der Waals surface area contributed by atoms with Crippen molar-refractivity contribution in [3.05, 3.63) is 29.8 Å². The number of nitrogens with one attached hydrogen (secondary N) is 2. The van der Waals surface area contributed by atoms with Gasteiger partial charge in [0.05, 0.1) is 11.8 Å². The van der Waals surface area contributed by atoms with Crippen molar-refractivity contribution in [2.75, 3.05) is 32.5 Å². The van der Waals surface area contributed by atoms with Crippen molar-refractivity contribution >= 4 is 10.0 Å². The van der Waals surface area contributed by atoms with E-state index in [0.717, 1.165) is 6.26 Å². The number of nitrogens with zero attached hydrogens (tertiary/aromatic N) is 1. The minimum atomic E-state index is -3.19. The molecular weight excluding hydrogens is 294 g/mol. The van der Waals surface area contributed by atoms with Crippen LogP contribution in [0.15, 0.2) is 24.3 Å². The topological polar surface area (TPSA) is 111 Å². The molecular formula is C13H19N3O4S. The van der Waals surface area contributed by atoms with Gasteiger partial charge >= 0.3 is 0 Å². The molecule has 1 aromatic carbocycles. The van der Waals surface area contributed by atoms with Crippen molar-refractivity contribution in [1.29, 1.82) is 5.26 Å². The van der Waals surface area contributed by atoms with Gasteiger partial charge in [0, 0.05) is 19.6 Å². The standard InChI is InChI=1S/C13H19N3O4S/c1-21(18,19)16-7-6-15-9-12(17)10-20-13-5-3-2-4-11(13)8-14/h2-5,12,15-17H,6-7,9-10H2,1H3. The Hall–Kier alpha value is -1.66. The number of aliphatic hydroxyl groups excluding tert-OH is 1. The summed E-state index contributed by atoms with van der Waals surface area (Å²) in [4.78, 5) is 0. The maximum Gasteiger partial charge on any atom is 0.208 e. The lowest BCUT2D eigenvalue weighted by molar-refractivity contribution is 0.106. The lowest BCUT2D eigenvalue weighted by atomic mass is 10.2. The minimum Gasteiger partial charge on any atom is -0.489 e. The highest BCUT2D eigenvalue weighted by molar-refractivity contribution is 7.88. The Bertz CT molecular complexity index is 583. The SMILES string of the molecule is CS(=O)(=O)NCCNCC(O)COc1ccccc1C#N. The van der Waals surface area contributed by atoms with Crippen molar-refractivity contribution < 1.29 is 18.3 Å². The Kier molecular flexibility index (Phi) is 7.11. The minimum absolute atomic E-state index is 0.0468. The molecule has 0 aliphatic heterocycles. The van der Waals surface area contributed by atoms with Crippen molar-refractivity contribution in [3.8, 4) is 11.8 Å². The largest absolute Gasteiger partial charge is 0.489 e. The highest BCUT2D eigenvalue weighted by Crippen LogP contribution is 2.16. The molecule has 8 heteroatoms. The number of nitriles is 1. The maximum absolute atomic E-state index is 10.8. The van der Waals surface area contributed by atoms with Crippen LogP contribution in [0.25, 0.3) is 0 Å². The molecule has 21 heavy (non-hydrogen) atoms. The van der Waals surface area contributed by atoms with E-state index in [9.17, 15) is 13.5 Å². The zero-order valence-corrected chi connectivity index (χ0v) is 12.6. The average Bonchev–Trinajstić information content (AvgIpc) is 2.43. The fourth-order valence-corrected chi connectivity index (χ4v) is 2.00. The van der Waals surface area contributed by atoms with E-state index in [1.165, 1.54) is 0 Å². The maximum atomic E-state index is 10.8. The molecule has 1 atom stereocenters. The fraction of sp³-hybridized carbons (Fsp3) is 0.462. The summed E-state index contributed by atoms with van der Waals surface area (Å²) in [5, 5.41) is 21.5. The quantitative estimate of drug-likeness (QED) is 0.527. The van der Waals surface area contributed by atoms with Crippen LogP contribution in [-0.4, -0.2) is 52.1 Å². The van der Waals surface area contributed by atoms with Gasteiger partial charge in [0.2, 0.25) is 10.0 Å². The second kappa shape index (κ2) is 8.59. The molecule has 116 valence electrons. The zero-order valence-electron chi connectivity index (χ0n) is 11.7. The van der Waals surface area contributed by atoms with Gasteiger partial charge in [-0.15, -0.1) is 0 Å². The van der Waals surface area contributed by atoms with Gasteiger partial charge in [0.25, 0.3) is 0 Å². The van der Waals surface area contributed by atoms with E-state index in [2.05, 4.69) is 10.0 Å². The normalized spacial score (nSPS) is 12.6. The molecule has 0 aliphatic carbocycles. The summed E-state index contributed by atoms with van der Waals surface area (Å²) in [6, 6.07) is 8.79. The lowest BCUT2D eigenvalue weighted by Gasteiger charge is -2.14. The van der Waals surface area contributed by atoms with Gasteiger partial charge < -0.3 is 15.2 Å². The van der Waals surface area contributed by atoms with E-state index >= 15 is 0 Å². The predicted octanol–water partition coefficient (Wildman–Crippen LogP) is -0.563. The molecule has 0 fully saturated rings. The van der Waals surface area contributed by atoms with E-state index in [1.807, 2.05) is 6.07 Å². The molecule has 0 radical (unpaired) electrons. The monoisotopic (exact) mass is 313 g/mol. The average molecular weight is 313 g/mol. The molecule has 1 rings (SSSR count). The van der Waals surface area contributed by atoms with Gasteiger partial charge in [0.15, 0.2) is 0 Å². The third-order valence-electron chi connectivity index (χ3n) is 2.48. The summed E-state index contributed by atoms with van der Waals surface area (Å²) in [6.07, 6.45) is 0.331. The first kappa shape index (κ1) is 17.4. The van der Waals surface area contributed by atoms with Crippen LogP contribution < -0.4 is 14.8 Å². The molecule has 7 nitrogen and oxygen atoms in total. The first-order valence-electron chi connectivity index (χ1n) is 6.37. The molecule has 0 spiro atoms. The second-order valence-electron chi connectivity index (χ2n) is 4.44. The van der Waals surface area contributed by atoms with Gasteiger partial charge in [0.1, 0.15) is 24.5 Å². The number of hydrogen-bond donors (Lipinski definition) is 3. The Morgan fingerprint density at radius 2 is 2.10 bits per heavy atom. The number of hydrogen-bond acceptors (Lipinski definition) is 6. The van der Waals surface area contributed by atoms with Gasteiger partial charge in [-0.05, 0) is 12.1 Å². The number of para-hydroxylation sites is 1. The van der Waals surface area contributed by atoms with E-state index in [-0.39, 0.29) is 19.7 Å². The van der Waals surface area contributed by atoms with Crippen molar-refractivity contribution in [3.63, 3.8) is 0 Å². The highest BCUT2D eigenvalue weighted by Gasteiger charge is 2.07. The summed E-state index contributed by atoms with van der Waals surface area (Å²) >= 11 is 0. The Labute approximate surface area is 124 Å². The Balaban J connectivity index is 2.23.